The minimum absolute atomic E-state index is 0.133. The van der Waals surface area contributed by atoms with Gasteiger partial charge >= 0.3 is 0 Å². The van der Waals surface area contributed by atoms with E-state index in [0.717, 1.165) is 18.4 Å². The van der Waals surface area contributed by atoms with Crippen molar-refractivity contribution in [2.24, 2.45) is 0 Å². The summed E-state index contributed by atoms with van der Waals surface area (Å²) in [4.78, 5) is 0. The highest BCUT2D eigenvalue weighted by atomic mass is 32.2. The minimum Gasteiger partial charge on any atom is -0.213 e. The Morgan fingerprint density at radius 3 is 1.94 bits per heavy atom. The van der Waals surface area contributed by atoms with Crippen molar-refractivity contribution < 1.29 is 8.42 Å². The van der Waals surface area contributed by atoms with E-state index in [0.29, 0.717) is 5.92 Å². The number of nitrogens with one attached hydrogen (secondary N) is 1. The molecule has 0 bridgehead atoms. The van der Waals surface area contributed by atoms with Crippen LogP contribution >= 0.6 is 0 Å². The van der Waals surface area contributed by atoms with Crippen LogP contribution in [0.15, 0.2) is 24.3 Å². The number of sulfonamides is 1. The molecule has 0 spiro atoms. The highest BCUT2D eigenvalue weighted by molar-refractivity contribution is 7.88. The molecule has 0 saturated carbocycles. The van der Waals surface area contributed by atoms with Crippen LogP contribution in [0.4, 0.5) is 0 Å². The van der Waals surface area contributed by atoms with Crippen molar-refractivity contribution in [2.75, 3.05) is 6.26 Å². The molecule has 2 atom stereocenters. The van der Waals surface area contributed by atoms with E-state index in [1.165, 1.54) is 11.8 Å². The third-order valence-electron chi connectivity index (χ3n) is 3.28. The quantitative estimate of drug-likeness (QED) is 0.862. The molecule has 0 aliphatic rings. The Hall–Kier alpha value is -0.870. The predicted octanol–water partition coefficient (Wildman–Crippen LogP) is 3.20. The van der Waals surface area contributed by atoms with Crippen LogP contribution in [0.25, 0.3) is 0 Å². The van der Waals surface area contributed by atoms with Crippen LogP contribution in [0.3, 0.4) is 0 Å². The molecule has 0 amide bonds. The van der Waals surface area contributed by atoms with Gasteiger partial charge in [0.2, 0.25) is 10.0 Å². The molecular weight excluding hydrogens is 246 g/mol. The zero-order chi connectivity index (χ0) is 13.8. The summed E-state index contributed by atoms with van der Waals surface area (Å²) in [6.07, 6.45) is 3.05. The van der Waals surface area contributed by atoms with E-state index in [-0.39, 0.29) is 6.04 Å². The van der Waals surface area contributed by atoms with E-state index in [4.69, 9.17) is 0 Å². The molecule has 2 unspecified atom stereocenters. The number of hydrogen-bond donors (Lipinski definition) is 1. The van der Waals surface area contributed by atoms with Crippen molar-refractivity contribution in [2.45, 2.75) is 45.6 Å². The lowest BCUT2D eigenvalue weighted by Crippen LogP contribution is -2.26. The van der Waals surface area contributed by atoms with Gasteiger partial charge in [-0.05, 0) is 29.9 Å². The fourth-order valence-electron chi connectivity index (χ4n) is 1.94. The van der Waals surface area contributed by atoms with Crippen LogP contribution in [-0.4, -0.2) is 14.7 Å². The molecule has 1 aromatic carbocycles. The van der Waals surface area contributed by atoms with Gasteiger partial charge in [-0.2, -0.15) is 0 Å². The van der Waals surface area contributed by atoms with Crippen LogP contribution in [0, 0.1) is 0 Å². The van der Waals surface area contributed by atoms with Gasteiger partial charge < -0.3 is 0 Å². The van der Waals surface area contributed by atoms with Gasteiger partial charge in [-0.3, -0.25) is 0 Å². The standard InChI is InChI=1S/C14H23NO2S/c1-5-11(3)12-7-9-13(10-8-12)14(6-2)15-18(4,16)17/h7-11,14-15H,5-6H2,1-4H3. The fourth-order valence-corrected chi connectivity index (χ4v) is 2.76. The number of hydrogen-bond acceptors (Lipinski definition) is 2. The molecule has 0 aliphatic heterocycles. The van der Waals surface area contributed by atoms with E-state index in [2.05, 4.69) is 30.7 Å². The van der Waals surface area contributed by atoms with Gasteiger partial charge in [0.1, 0.15) is 0 Å². The monoisotopic (exact) mass is 269 g/mol. The van der Waals surface area contributed by atoms with E-state index < -0.39 is 10.0 Å². The topological polar surface area (TPSA) is 46.2 Å². The minimum atomic E-state index is -3.16. The second kappa shape index (κ2) is 6.34. The van der Waals surface area contributed by atoms with Crippen LogP contribution in [-0.2, 0) is 10.0 Å². The summed E-state index contributed by atoms with van der Waals surface area (Å²) in [5, 5.41) is 0. The van der Waals surface area contributed by atoms with Crippen LogP contribution in [0.5, 0.6) is 0 Å². The highest BCUT2D eigenvalue weighted by Crippen LogP contribution is 2.22. The van der Waals surface area contributed by atoms with Gasteiger partial charge in [0.15, 0.2) is 0 Å². The van der Waals surface area contributed by atoms with Gasteiger partial charge in [0, 0.05) is 6.04 Å². The molecule has 0 aromatic heterocycles. The lowest BCUT2D eigenvalue weighted by molar-refractivity contribution is 0.555. The third-order valence-corrected chi connectivity index (χ3v) is 4.00. The molecule has 1 N–H and O–H groups in total. The molecule has 4 heteroatoms. The average Bonchev–Trinajstić information content (AvgIpc) is 2.34. The van der Waals surface area contributed by atoms with Crippen molar-refractivity contribution in [1.29, 1.82) is 0 Å². The number of rotatable bonds is 6. The summed E-state index contributed by atoms with van der Waals surface area (Å²) in [7, 11) is -3.16. The zero-order valence-electron chi connectivity index (χ0n) is 11.6. The van der Waals surface area contributed by atoms with E-state index >= 15 is 0 Å². The summed E-state index contributed by atoms with van der Waals surface area (Å²) in [6.45, 7) is 6.34. The summed E-state index contributed by atoms with van der Waals surface area (Å²) >= 11 is 0. The molecule has 18 heavy (non-hydrogen) atoms. The molecule has 0 aliphatic carbocycles. The van der Waals surface area contributed by atoms with Gasteiger partial charge in [-0.25, -0.2) is 13.1 Å². The molecule has 0 saturated heterocycles. The molecule has 0 radical (unpaired) electrons. The zero-order valence-corrected chi connectivity index (χ0v) is 12.4. The summed E-state index contributed by atoms with van der Waals surface area (Å²) in [6, 6.07) is 8.10. The van der Waals surface area contributed by atoms with Crippen molar-refractivity contribution >= 4 is 10.0 Å². The van der Waals surface area contributed by atoms with Gasteiger partial charge in [0.05, 0.1) is 6.26 Å². The highest BCUT2D eigenvalue weighted by Gasteiger charge is 2.14. The van der Waals surface area contributed by atoms with E-state index in [1.807, 2.05) is 19.1 Å². The smallest absolute Gasteiger partial charge is 0.209 e. The lowest BCUT2D eigenvalue weighted by Gasteiger charge is -2.17. The lowest BCUT2D eigenvalue weighted by atomic mass is 9.96. The molecule has 0 fully saturated rings. The first-order valence-electron chi connectivity index (χ1n) is 6.44. The molecule has 3 nitrogen and oxygen atoms in total. The Labute approximate surface area is 111 Å². The Morgan fingerprint density at radius 1 is 1.06 bits per heavy atom. The first-order chi connectivity index (χ1) is 8.37. The summed E-state index contributed by atoms with van der Waals surface area (Å²) in [5.41, 5.74) is 2.32. The Balaban J connectivity index is 2.88. The Morgan fingerprint density at radius 2 is 1.56 bits per heavy atom. The van der Waals surface area contributed by atoms with Crippen molar-refractivity contribution in [3.8, 4) is 0 Å². The van der Waals surface area contributed by atoms with Crippen LogP contribution in [0.2, 0.25) is 0 Å². The van der Waals surface area contributed by atoms with Crippen molar-refractivity contribution in [3.05, 3.63) is 35.4 Å². The molecule has 0 heterocycles. The maximum atomic E-state index is 11.3. The summed E-state index contributed by atoms with van der Waals surface area (Å²) < 4.78 is 25.2. The van der Waals surface area contributed by atoms with Crippen molar-refractivity contribution in [1.82, 2.24) is 4.72 Å². The normalized spacial score (nSPS) is 15.3. The first kappa shape index (κ1) is 15.2. The number of benzene rings is 1. The van der Waals surface area contributed by atoms with Gasteiger partial charge in [0.25, 0.3) is 0 Å². The van der Waals surface area contributed by atoms with Gasteiger partial charge in [-0.15, -0.1) is 0 Å². The Kier molecular flexibility index (Phi) is 5.35. The van der Waals surface area contributed by atoms with Crippen LogP contribution < -0.4 is 4.72 Å². The van der Waals surface area contributed by atoms with Crippen LogP contribution in [0.1, 0.15) is 56.7 Å². The van der Waals surface area contributed by atoms with Gasteiger partial charge in [-0.1, -0.05) is 45.0 Å². The van der Waals surface area contributed by atoms with E-state index in [1.54, 1.807) is 0 Å². The maximum Gasteiger partial charge on any atom is 0.209 e. The second-order valence-electron chi connectivity index (χ2n) is 4.83. The predicted molar refractivity (Wildman–Crippen MR) is 76.2 cm³/mol. The molecule has 102 valence electrons. The first-order valence-corrected chi connectivity index (χ1v) is 8.33. The Bertz CT molecular complexity index is 465. The second-order valence-corrected chi connectivity index (χ2v) is 6.61. The van der Waals surface area contributed by atoms with Crippen molar-refractivity contribution in [3.63, 3.8) is 0 Å². The third kappa shape index (κ3) is 4.42. The molecular formula is C14H23NO2S. The largest absolute Gasteiger partial charge is 0.213 e. The van der Waals surface area contributed by atoms with E-state index in [9.17, 15) is 8.42 Å². The average molecular weight is 269 g/mol. The SMILES string of the molecule is CCC(C)c1ccc(C(CC)NS(C)(=O)=O)cc1. The maximum absolute atomic E-state index is 11.3. The fraction of sp³-hybridized carbons (Fsp3) is 0.571. The molecule has 1 aromatic rings. The summed E-state index contributed by atoms with van der Waals surface area (Å²) in [5.74, 6) is 0.544. The molecule has 1 rings (SSSR count).